The second-order valence-electron chi connectivity index (χ2n) is 4.83. The van der Waals surface area contributed by atoms with Crippen molar-refractivity contribution in [1.82, 2.24) is 25.0 Å². The molecule has 0 fully saturated rings. The number of hydrogen-bond acceptors (Lipinski definition) is 6. The van der Waals surface area contributed by atoms with Gasteiger partial charge in [-0.25, -0.2) is 18.1 Å². The second-order valence-corrected chi connectivity index (χ2v) is 6.57. The fourth-order valence-corrected chi connectivity index (χ4v) is 2.42. The van der Waals surface area contributed by atoms with E-state index >= 15 is 0 Å². The lowest BCUT2D eigenvalue weighted by atomic mass is 10.3. The molecule has 3 rings (SSSR count). The van der Waals surface area contributed by atoms with E-state index in [0.29, 0.717) is 5.95 Å². The van der Waals surface area contributed by atoms with Gasteiger partial charge in [0.15, 0.2) is 5.82 Å². The number of nitrogens with one attached hydrogen (secondary N) is 3. The smallest absolute Gasteiger partial charge is 0.248 e. The Hall–Kier alpha value is -2.95. The average molecular weight is 335 g/mol. The molecule has 1 amide bonds. The Morgan fingerprint density at radius 3 is 2.87 bits per heavy atom. The maximum atomic E-state index is 12.0. The molecule has 0 bridgehead atoms. The minimum atomic E-state index is -3.44. The molecule has 0 atom stereocenters. The summed E-state index contributed by atoms with van der Waals surface area (Å²) in [7, 11) is -3.44. The van der Waals surface area contributed by atoms with Gasteiger partial charge in [-0.1, -0.05) is 17.3 Å². The number of imidazole rings is 1. The van der Waals surface area contributed by atoms with E-state index in [1.807, 2.05) is 24.3 Å². The van der Waals surface area contributed by atoms with Gasteiger partial charge in [0, 0.05) is 0 Å². The maximum absolute atomic E-state index is 12.0. The number of amides is 1. The number of rotatable bonds is 5. The summed E-state index contributed by atoms with van der Waals surface area (Å²) in [4.78, 5) is 19.1. The molecule has 1 aromatic carbocycles. The minimum absolute atomic E-state index is 0.0454. The largest absolute Gasteiger partial charge is 0.324 e. The standard InChI is InChI=1S/C12H13N7O3S/c1-23(21,22)17-10-6-19(18-16-10)7-11(20)15-12-13-8-4-2-3-5-9(8)14-12/h2-6,17H,7H2,1H3,(H2,13,14,15,20). The molecular formula is C12H13N7O3S. The van der Waals surface area contributed by atoms with E-state index in [1.165, 1.54) is 10.9 Å². The summed E-state index contributed by atoms with van der Waals surface area (Å²) in [5, 5.41) is 9.89. The van der Waals surface area contributed by atoms with Gasteiger partial charge in [0.05, 0.1) is 23.5 Å². The first kappa shape index (κ1) is 15.0. The average Bonchev–Trinajstić information content (AvgIpc) is 3.02. The SMILES string of the molecule is CS(=O)(=O)Nc1cn(CC(=O)Nc2nc3ccccc3[nH]2)nn1. The molecule has 0 aliphatic heterocycles. The van der Waals surface area contributed by atoms with Gasteiger partial charge in [-0.3, -0.25) is 14.8 Å². The molecule has 23 heavy (non-hydrogen) atoms. The van der Waals surface area contributed by atoms with Crippen LogP contribution in [0.15, 0.2) is 30.5 Å². The molecule has 0 aliphatic carbocycles. The zero-order chi connectivity index (χ0) is 16.4. The molecule has 2 heterocycles. The Balaban J connectivity index is 1.65. The number of anilines is 2. The third kappa shape index (κ3) is 3.83. The molecule has 3 N–H and O–H groups in total. The molecular weight excluding hydrogens is 322 g/mol. The van der Waals surface area contributed by atoms with Crippen LogP contribution in [0.3, 0.4) is 0 Å². The van der Waals surface area contributed by atoms with Crippen LogP contribution in [-0.4, -0.2) is 45.5 Å². The molecule has 2 aromatic heterocycles. The lowest BCUT2D eigenvalue weighted by molar-refractivity contribution is -0.117. The first-order chi connectivity index (χ1) is 10.9. The van der Waals surface area contributed by atoms with E-state index in [1.54, 1.807) is 0 Å². The number of aromatic amines is 1. The van der Waals surface area contributed by atoms with E-state index in [-0.39, 0.29) is 18.3 Å². The highest BCUT2D eigenvalue weighted by Gasteiger charge is 2.10. The van der Waals surface area contributed by atoms with Crippen LogP contribution in [0.1, 0.15) is 0 Å². The summed E-state index contributed by atoms with van der Waals surface area (Å²) >= 11 is 0. The number of carbonyl (C=O) groups excluding carboxylic acids is 1. The van der Waals surface area contributed by atoms with E-state index in [0.717, 1.165) is 17.3 Å². The zero-order valence-electron chi connectivity index (χ0n) is 12.0. The molecule has 0 aliphatic rings. The molecule has 3 aromatic rings. The van der Waals surface area contributed by atoms with Crippen molar-refractivity contribution in [2.75, 3.05) is 16.3 Å². The Bertz CT molecular complexity index is 927. The normalized spacial score (nSPS) is 11.5. The number of sulfonamides is 1. The fourth-order valence-electron chi connectivity index (χ4n) is 1.94. The van der Waals surface area contributed by atoms with Gasteiger partial charge in [-0.15, -0.1) is 5.10 Å². The van der Waals surface area contributed by atoms with Crippen molar-refractivity contribution in [2.24, 2.45) is 0 Å². The summed E-state index contributed by atoms with van der Waals surface area (Å²) in [6.07, 6.45) is 2.32. The van der Waals surface area contributed by atoms with Crippen LogP contribution < -0.4 is 10.0 Å². The number of aromatic nitrogens is 5. The molecule has 10 nitrogen and oxygen atoms in total. The molecule has 0 saturated heterocycles. The van der Waals surface area contributed by atoms with E-state index < -0.39 is 10.0 Å². The number of hydrogen-bond donors (Lipinski definition) is 3. The first-order valence-electron chi connectivity index (χ1n) is 6.51. The van der Waals surface area contributed by atoms with Crippen molar-refractivity contribution in [3.05, 3.63) is 30.5 Å². The Morgan fingerprint density at radius 1 is 1.35 bits per heavy atom. The van der Waals surface area contributed by atoms with E-state index in [4.69, 9.17) is 0 Å². The molecule has 0 radical (unpaired) electrons. The monoisotopic (exact) mass is 335 g/mol. The predicted octanol–water partition coefficient (Wildman–Crippen LogP) is 0.165. The topological polar surface area (TPSA) is 135 Å². The quantitative estimate of drug-likeness (QED) is 0.608. The van der Waals surface area contributed by atoms with Crippen LogP contribution in [0, 0.1) is 0 Å². The fraction of sp³-hybridized carbons (Fsp3) is 0.167. The van der Waals surface area contributed by atoms with Crippen molar-refractivity contribution in [3.63, 3.8) is 0 Å². The van der Waals surface area contributed by atoms with Crippen molar-refractivity contribution in [3.8, 4) is 0 Å². The van der Waals surface area contributed by atoms with Crippen LogP contribution >= 0.6 is 0 Å². The van der Waals surface area contributed by atoms with Gasteiger partial charge in [-0.05, 0) is 12.1 Å². The first-order valence-corrected chi connectivity index (χ1v) is 8.41. The van der Waals surface area contributed by atoms with Crippen LogP contribution in [0.25, 0.3) is 11.0 Å². The summed E-state index contributed by atoms with van der Waals surface area (Å²) in [5.74, 6) is -0.00491. The molecule has 11 heteroatoms. The summed E-state index contributed by atoms with van der Waals surface area (Å²) in [6.45, 7) is -0.129. The van der Waals surface area contributed by atoms with Gasteiger partial charge >= 0.3 is 0 Å². The zero-order valence-corrected chi connectivity index (χ0v) is 12.8. The number of para-hydroxylation sites is 2. The molecule has 0 saturated carbocycles. The van der Waals surface area contributed by atoms with Gasteiger partial charge in [0.25, 0.3) is 0 Å². The maximum Gasteiger partial charge on any atom is 0.248 e. The van der Waals surface area contributed by atoms with Crippen LogP contribution in [-0.2, 0) is 21.4 Å². The highest BCUT2D eigenvalue weighted by atomic mass is 32.2. The van der Waals surface area contributed by atoms with Crippen molar-refractivity contribution in [2.45, 2.75) is 6.54 Å². The number of H-pyrrole nitrogens is 1. The molecule has 0 unspecified atom stereocenters. The predicted molar refractivity (Wildman–Crippen MR) is 83.2 cm³/mol. The lowest BCUT2D eigenvalue weighted by Crippen LogP contribution is -2.19. The highest BCUT2D eigenvalue weighted by Crippen LogP contribution is 2.13. The number of nitrogens with zero attached hydrogens (tertiary/aromatic N) is 4. The Kier molecular flexibility index (Phi) is 3.70. The van der Waals surface area contributed by atoms with Gasteiger partial charge in [-0.2, -0.15) is 0 Å². The van der Waals surface area contributed by atoms with E-state index in [9.17, 15) is 13.2 Å². The Labute approximate surface area is 131 Å². The van der Waals surface area contributed by atoms with Gasteiger partial charge < -0.3 is 4.98 Å². The van der Waals surface area contributed by atoms with Crippen molar-refractivity contribution in [1.29, 1.82) is 0 Å². The second kappa shape index (κ2) is 5.68. The van der Waals surface area contributed by atoms with E-state index in [2.05, 4.69) is 30.3 Å². The third-order valence-corrected chi connectivity index (χ3v) is 3.36. The number of carbonyl (C=O) groups is 1. The molecule has 120 valence electrons. The number of fused-ring (bicyclic) bond motifs is 1. The van der Waals surface area contributed by atoms with Crippen molar-refractivity contribution >= 4 is 38.7 Å². The van der Waals surface area contributed by atoms with Gasteiger partial charge in [0.2, 0.25) is 21.9 Å². The molecule has 0 spiro atoms. The van der Waals surface area contributed by atoms with Crippen LogP contribution in [0.5, 0.6) is 0 Å². The van der Waals surface area contributed by atoms with Crippen molar-refractivity contribution < 1.29 is 13.2 Å². The number of benzene rings is 1. The summed E-state index contributed by atoms with van der Waals surface area (Å²) < 4.78 is 25.5. The van der Waals surface area contributed by atoms with Crippen LogP contribution in [0.4, 0.5) is 11.8 Å². The summed E-state index contributed by atoms with van der Waals surface area (Å²) in [6, 6.07) is 7.37. The highest BCUT2D eigenvalue weighted by molar-refractivity contribution is 7.92. The third-order valence-electron chi connectivity index (χ3n) is 2.78. The minimum Gasteiger partial charge on any atom is -0.324 e. The lowest BCUT2D eigenvalue weighted by Gasteiger charge is -2.01. The van der Waals surface area contributed by atoms with Gasteiger partial charge in [0.1, 0.15) is 6.54 Å². The Morgan fingerprint density at radius 2 is 2.13 bits per heavy atom. The summed E-state index contributed by atoms with van der Waals surface area (Å²) in [5.41, 5.74) is 1.55. The van der Waals surface area contributed by atoms with Crippen LogP contribution in [0.2, 0.25) is 0 Å².